The molecule has 32 heavy (non-hydrogen) atoms. The molecule has 1 amide bonds. The van der Waals surface area contributed by atoms with E-state index < -0.39 is 0 Å². The minimum atomic E-state index is 0.00482. The van der Waals surface area contributed by atoms with Crippen LogP contribution in [0.5, 0.6) is 5.75 Å². The van der Waals surface area contributed by atoms with E-state index in [4.69, 9.17) is 16.3 Å². The lowest BCUT2D eigenvalue weighted by atomic mass is 10.1. The molecule has 0 unspecified atom stereocenters. The number of nitrogens with one attached hydrogen (secondary N) is 1. The summed E-state index contributed by atoms with van der Waals surface area (Å²) in [5, 5.41) is 3.69. The van der Waals surface area contributed by atoms with Gasteiger partial charge in [0.05, 0.1) is 6.61 Å². The molecule has 0 aliphatic rings. The van der Waals surface area contributed by atoms with Crippen molar-refractivity contribution in [3.63, 3.8) is 0 Å². The molecule has 0 fully saturated rings. The Morgan fingerprint density at radius 2 is 1.62 bits per heavy atom. The van der Waals surface area contributed by atoms with E-state index in [1.54, 1.807) is 0 Å². The van der Waals surface area contributed by atoms with Gasteiger partial charge in [-0.25, -0.2) is 0 Å². The molecule has 0 bridgehead atoms. The van der Waals surface area contributed by atoms with Gasteiger partial charge in [0.1, 0.15) is 5.75 Å². The quantitative estimate of drug-likeness (QED) is 0.295. The highest BCUT2D eigenvalue weighted by Gasteiger charge is 2.06. The van der Waals surface area contributed by atoms with Crippen LogP contribution in [0.25, 0.3) is 0 Å². The molecule has 0 saturated carbocycles. The molecule has 0 aliphatic carbocycles. The molecule has 3 nitrogen and oxygen atoms in total. The molecule has 1 N–H and O–H groups in total. The molecule has 3 aromatic carbocycles. The van der Waals surface area contributed by atoms with Crippen molar-refractivity contribution in [1.82, 2.24) is 0 Å². The van der Waals surface area contributed by atoms with Crippen molar-refractivity contribution in [3.05, 3.63) is 94.5 Å². The third kappa shape index (κ3) is 8.05. The monoisotopic (exact) mass is 449 g/mol. The summed E-state index contributed by atoms with van der Waals surface area (Å²) in [6, 6.07) is 24.3. The zero-order valence-corrected chi connectivity index (χ0v) is 19.5. The maximum Gasteiger partial charge on any atom is 0.224 e. The second-order valence-corrected chi connectivity index (χ2v) is 8.40. The lowest BCUT2D eigenvalue weighted by Gasteiger charge is -2.09. The van der Waals surface area contributed by atoms with Gasteiger partial charge in [0.2, 0.25) is 5.91 Å². The van der Waals surface area contributed by atoms with E-state index >= 15 is 0 Å². The van der Waals surface area contributed by atoms with Gasteiger partial charge in [0, 0.05) is 17.1 Å². The summed E-state index contributed by atoms with van der Waals surface area (Å²) in [6.45, 7) is 2.78. The van der Waals surface area contributed by atoms with Crippen LogP contribution in [-0.2, 0) is 24.1 Å². The van der Waals surface area contributed by atoms with Crippen molar-refractivity contribution < 1.29 is 9.53 Å². The number of rotatable bonds is 12. The number of unbranched alkanes of at least 4 members (excludes halogenated alkanes) is 2. The molecule has 0 aromatic heterocycles. The predicted octanol–water partition coefficient (Wildman–Crippen LogP) is 7.27. The molecule has 4 heteroatoms. The van der Waals surface area contributed by atoms with E-state index in [0.717, 1.165) is 59.9 Å². The molecule has 3 rings (SSSR count). The van der Waals surface area contributed by atoms with Crippen molar-refractivity contribution in [1.29, 1.82) is 0 Å². The van der Waals surface area contributed by atoms with Crippen LogP contribution in [0.1, 0.15) is 49.3 Å². The zero-order chi connectivity index (χ0) is 22.6. The number of carbonyl (C=O) groups excluding carboxylic acids is 1. The fraction of sp³-hybridized carbons (Fsp3) is 0.321. The average Bonchev–Trinajstić information content (AvgIpc) is 2.82. The van der Waals surface area contributed by atoms with Crippen LogP contribution in [-0.4, -0.2) is 12.5 Å². The van der Waals surface area contributed by atoms with Gasteiger partial charge >= 0.3 is 0 Å². The van der Waals surface area contributed by atoms with Crippen LogP contribution in [0.4, 0.5) is 5.69 Å². The number of hydrogen-bond donors (Lipinski definition) is 1. The smallest absolute Gasteiger partial charge is 0.224 e. The summed E-state index contributed by atoms with van der Waals surface area (Å²) < 4.78 is 5.86. The van der Waals surface area contributed by atoms with Crippen LogP contribution < -0.4 is 10.1 Å². The number of benzene rings is 3. The first-order valence-corrected chi connectivity index (χ1v) is 11.9. The Kier molecular flexibility index (Phi) is 9.64. The normalized spacial score (nSPS) is 10.7. The van der Waals surface area contributed by atoms with Crippen molar-refractivity contribution in [2.75, 3.05) is 11.9 Å². The first-order valence-electron chi connectivity index (χ1n) is 11.5. The lowest BCUT2D eigenvalue weighted by molar-refractivity contribution is -0.116. The van der Waals surface area contributed by atoms with Gasteiger partial charge in [-0.05, 0) is 85.5 Å². The van der Waals surface area contributed by atoms with Gasteiger partial charge in [0.25, 0.3) is 0 Å². The van der Waals surface area contributed by atoms with Gasteiger partial charge in [-0.3, -0.25) is 4.79 Å². The summed E-state index contributed by atoms with van der Waals surface area (Å²) in [5.74, 6) is 0.889. The molecular weight excluding hydrogens is 418 g/mol. The largest absolute Gasteiger partial charge is 0.494 e. The number of halogens is 1. The second kappa shape index (κ2) is 12.9. The molecule has 0 aliphatic heterocycles. The number of anilines is 1. The van der Waals surface area contributed by atoms with E-state index in [0.29, 0.717) is 12.8 Å². The van der Waals surface area contributed by atoms with Crippen LogP contribution >= 0.6 is 11.6 Å². The van der Waals surface area contributed by atoms with Gasteiger partial charge in [-0.2, -0.15) is 0 Å². The first-order chi connectivity index (χ1) is 15.6. The first kappa shape index (κ1) is 23.9. The maximum absolute atomic E-state index is 12.3. The van der Waals surface area contributed by atoms with Gasteiger partial charge in [-0.15, -0.1) is 0 Å². The fourth-order valence-corrected chi connectivity index (χ4v) is 3.85. The Morgan fingerprint density at radius 1 is 0.875 bits per heavy atom. The van der Waals surface area contributed by atoms with E-state index in [9.17, 15) is 4.79 Å². The number of amides is 1. The van der Waals surface area contributed by atoms with Crippen molar-refractivity contribution >= 4 is 23.2 Å². The second-order valence-electron chi connectivity index (χ2n) is 8.00. The summed E-state index contributed by atoms with van der Waals surface area (Å²) in [6.07, 6.45) is 6.50. The minimum Gasteiger partial charge on any atom is -0.494 e. The summed E-state index contributed by atoms with van der Waals surface area (Å²) in [4.78, 5) is 12.3. The molecule has 0 heterocycles. The topological polar surface area (TPSA) is 38.3 Å². The Morgan fingerprint density at radius 3 is 2.38 bits per heavy atom. The van der Waals surface area contributed by atoms with Gasteiger partial charge in [0.15, 0.2) is 0 Å². The SMILES string of the molecule is CCc1cc(NC(=O)CCc2ccc(OCCCCCc3ccccc3)cc2)ccc1Cl. The standard InChI is InChI=1S/C28H32ClNO2/c1-2-24-21-25(15-18-27(24)29)30-28(31)19-14-23-12-16-26(17-13-23)32-20-8-4-7-11-22-9-5-3-6-10-22/h3,5-6,9-10,12-13,15-18,21H,2,4,7-8,11,14,19-20H2,1H3,(H,30,31). The van der Waals surface area contributed by atoms with Crippen LogP contribution in [0.2, 0.25) is 5.02 Å². The molecule has 0 saturated heterocycles. The Hall–Kier alpha value is -2.78. The molecule has 0 radical (unpaired) electrons. The van der Waals surface area contributed by atoms with Crippen LogP contribution in [0.3, 0.4) is 0 Å². The van der Waals surface area contributed by atoms with E-state index in [1.165, 1.54) is 12.0 Å². The third-order valence-electron chi connectivity index (χ3n) is 5.50. The van der Waals surface area contributed by atoms with Crippen LogP contribution in [0, 0.1) is 0 Å². The van der Waals surface area contributed by atoms with Gasteiger partial charge in [-0.1, -0.05) is 61.0 Å². The highest BCUT2D eigenvalue weighted by Crippen LogP contribution is 2.21. The number of carbonyl (C=O) groups is 1. The molecule has 3 aromatic rings. The average molecular weight is 450 g/mol. The van der Waals surface area contributed by atoms with Crippen molar-refractivity contribution in [3.8, 4) is 5.75 Å². The third-order valence-corrected chi connectivity index (χ3v) is 5.86. The number of hydrogen-bond acceptors (Lipinski definition) is 2. The highest BCUT2D eigenvalue weighted by molar-refractivity contribution is 6.31. The van der Waals surface area contributed by atoms with E-state index in [2.05, 4.69) is 35.6 Å². The molecule has 0 spiro atoms. The van der Waals surface area contributed by atoms with E-state index in [1.807, 2.05) is 49.4 Å². The van der Waals surface area contributed by atoms with Crippen LogP contribution in [0.15, 0.2) is 72.8 Å². The number of aryl methyl sites for hydroxylation is 3. The number of ether oxygens (including phenoxy) is 1. The molecule has 168 valence electrons. The fourth-order valence-electron chi connectivity index (χ4n) is 3.60. The van der Waals surface area contributed by atoms with Gasteiger partial charge < -0.3 is 10.1 Å². The summed E-state index contributed by atoms with van der Waals surface area (Å²) in [5.41, 5.74) is 4.36. The summed E-state index contributed by atoms with van der Waals surface area (Å²) >= 11 is 6.14. The Bertz CT molecular complexity index is 970. The zero-order valence-electron chi connectivity index (χ0n) is 18.8. The molecule has 0 atom stereocenters. The molecular formula is C28H32ClNO2. The summed E-state index contributed by atoms with van der Waals surface area (Å²) in [7, 11) is 0. The lowest BCUT2D eigenvalue weighted by Crippen LogP contribution is -2.12. The predicted molar refractivity (Wildman–Crippen MR) is 134 cm³/mol. The Labute approximate surface area is 196 Å². The van der Waals surface area contributed by atoms with Crippen molar-refractivity contribution in [2.24, 2.45) is 0 Å². The highest BCUT2D eigenvalue weighted by atomic mass is 35.5. The Balaban J connectivity index is 1.32. The minimum absolute atomic E-state index is 0.00482. The maximum atomic E-state index is 12.3. The van der Waals surface area contributed by atoms with Crippen molar-refractivity contribution in [2.45, 2.75) is 51.9 Å². The van der Waals surface area contributed by atoms with E-state index in [-0.39, 0.29) is 5.91 Å².